The summed E-state index contributed by atoms with van der Waals surface area (Å²) in [7, 11) is 0. The lowest BCUT2D eigenvalue weighted by Gasteiger charge is -2.33. The molecule has 3 heterocycles. The van der Waals surface area contributed by atoms with Crippen molar-refractivity contribution < 1.29 is 14.3 Å². The van der Waals surface area contributed by atoms with E-state index in [9.17, 15) is 9.59 Å². The molecule has 0 aromatic heterocycles. The van der Waals surface area contributed by atoms with E-state index in [1.165, 1.54) is 0 Å². The van der Waals surface area contributed by atoms with Crippen LogP contribution in [0.4, 0.5) is 0 Å². The van der Waals surface area contributed by atoms with Crippen LogP contribution < -0.4 is 0 Å². The minimum absolute atomic E-state index is 0.0229. The van der Waals surface area contributed by atoms with E-state index in [1.54, 1.807) is 12.1 Å². The highest BCUT2D eigenvalue weighted by Crippen LogP contribution is 2.39. The number of carbonyl (C=O) groups is 2. The quantitative estimate of drug-likeness (QED) is 0.712. The normalized spacial score (nSPS) is 24.5. The molecule has 1 atom stereocenters. The molecule has 3 aliphatic heterocycles. The number of guanidine groups is 1. The molecule has 0 N–H and O–H groups in total. The van der Waals surface area contributed by atoms with E-state index in [1.807, 2.05) is 17.0 Å². The number of morpholine rings is 1. The monoisotopic (exact) mass is 410 g/mol. The number of aliphatic imine (C=N–C) groups is 3. The van der Waals surface area contributed by atoms with E-state index in [0.717, 1.165) is 17.7 Å². The molecule has 7 nitrogen and oxygen atoms in total. The number of fused-ring (bicyclic) bond motifs is 2. The van der Waals surface area contributed by atoms with Crippen molar-refractivity contribution in [1.29, 1.82) is 0 Å². The third-order valence-electron chi connectivity index (χ3n) is 5.57. The van der Waals surface area contributed by atoms with Gasteiger partial charge < -0.3 is 9.64 Å². The van der Waals surface area contributed by atoms with Gasteiger partial charge in [-0.05, 0) is 36.1 Å². The highest BCUT2D eigenvalue weighted by atomic mass is 35.5. The summed E-state index contributed by atoms with van der Waals surface area (Å²) in [4.78, 5) is 41.5. The van der Waals surface area contributed by atoms with Gasteiger partial charge in [-0.25, -0.2) is 4.99 Å². The van der Waals surface area contributed by atoms with Crippen molar-refractivity contribution in [3.05, 3.63) is 40.4 Å². The molecule has 0 radical (unpaired) electrons. The van der Waals surface area contributed by atoms with E-state index in [2.05, 4.69) is 15.0 Å². The van der Waals surface area contributed by atoms with Crippen molar-refractivity contribution in [3.63, 3.8) is 0 Å². The fourth-order valence-electron chi connectivity index (χ4n) is 4.18. The largest absolute Gasteiger partial charge is 0.378 e. The Morgan fingerprint density at radius 3 is 2.52 bits per heavy atom. The third kappa shape index (κ3) is 3.24. The maximum atomic E-state index is 13.1. The van der Waals surface area contributed by atoms with Crippen LogP contribution in [0.25, 0.3) is 5.57 Å². The first-order chi connectivity index (χ1) is 14.1. The molecule has 29 heavy (non-hydrogen) atoms. The highest BCUT2D eigenvalue weighted by Gasteiger charge is 2.42. The topological polar surface area (TPSA) is 83.7 Å². The number of Topliss-reactive ketones (excluding diaryl/α,β-unsaturated/α-hetero) is 1. The van der Waals surface area contributed by atoms with E-state index < -0.39 is 5.92 Å². The molecule has 1 saturated heterocycles. The Morgan fingerprint density at radius 2 is 1.76 bits per heavy atom. The number of ether oxygens (including phenoxy) is 1. The zero-order chi connectivity index (χ0) is 20.0. The Labute approximate surface area is 172 Å². The zero-order valence-corrected chi connectivity index (χ0v) is 16.5. The number of carbonyl (C=O) groups excluding carboxylic acids is 2. The second kappa shape index (κ2) is 7.31. The molecule has 8 heteroatoms. The number of halogens is 1. The number of dihydropyridines is 1. The van der Waals surface area contributed by atoms with Crippen molar-refractivity contribution >= 4 is 46.4 Å². The molecular weight excluding hydrogens is 392 g/mol. The Balaban J connectivity index is 1.63. The van der Waals surface area contributed by atoms with Gasteiger partial charge in [-0.2, -0.15) is 9.98 Å². The maximum absolute atomic E-state index is 13.1. The average molecular weight is 411 g/mol. The minimum Gasteiger partial charge on any atom is -0.378 e. The second-order valence-corrected chi connectivity index (χ2v) is 7.82. The number of hydrogen-bond donors (Lipinski definition) is 0. The molecule has 1 amide bonds. The predicted octanol–water partition coefficient (Wildman–Crippen LogP) is 2.54. The van der Waals surface area contributed by atoms with Crippen molar-refractivity contribution in [2.75, 3.05) is 26.3 Å². The molecular formula is C21H19ClN4O3. The van der Waals surface area contributed by atoms with Gasteiger partial charge in [0.05, 0.1) is 18.9 Å². The summed E-state index contributed by atoms with van der Waals surface area (Å²) in [5.41, 5.74) is 2.71. The van der Waals surface area contributed by atoms with Gasteiger partial charge in [-0.3, -0.25) is 9.59 Å². The second-order valence-electron chi connectivity index (χ2n) is 7.38. The summed E-state index contributed by atoms with van der Waals surface area (Å²) < 4.78 is 5.38. The summed E-state index contributed by atoms with van der Waals surface area (Å²) in [6, 6.07) is 7.19. The number of allylic oxidation sites excluding steroid dienone is 1. The summed E-state index contributed by atoms with van der Waals surface area (Å²) in [5.74, 6) is -0.272. The maximum Gasteiger partial charge on any atom is 0.264 e. The fourth-order valence-corrected chi connectivity index (χ4v) is 4.31. The summed E-state index contributed by atoms with van der Waals surface area (Å²) in [5, 5.41) is 0.593. The van der Waals surface area contributed by atoms with Crippen LogP contribution in [0.1, 0.15) is 24.8 Å². The van der Waals surface area contributed by atoms with Gasteiger partial charge in [0.15, 0.2) is 5.78 Å². The smallest absolute Gasteiger partial charge is 0.264 e. The number of rotatable bonds is 1. The molecule has 148 valence electrons. The summed E-state index contributed by atoms with van der Waals surface area (Å²) in [6.45, 7) is 2.41. The van der Waals surface area contributed by atoms with E-state index in [0.29, 0.717) is 67.1 Å². The lowest BCUT2D eigenvalue weighted by atomic mass is 9.77. The number of amides is 1. The Bertz CT molecular complexity index is 1020. The van der Waals surface area contributed by atoms with E-state index >= 15 is 0 Å². The first-order valence-electron chi connectivity index (χ1n) is 9.77. The summed E-state index contributed by atoms with van der Waals surface area (Å²) in [6.07, 6.45) is 1.91. The Hall–Kier alpha value is -2.64. The van der Waals surface area contributed by atoms with Gasteiger partial charge >= 0.3 is 0 Å². The van der Waals surface area contributed by atoms with E-state index in [4.69, 9.17) is 16.3 Å². The van der Waals surface area contributed by atoms with Crippen LogP contribution >= 0.6 is 11.6 Å². The van der Waals surface area contributed by atoms with E-state index in [-0.39, 0.29) is 11.7 Å². The van der Waals surface area contributed by atoms with Crippen molar-refractivity contribution in [2.24, 2.45) is 20.9 Å². The van der Waals surface area contributed by atoms with Crippen LogP contribution in [-0.4, -0.2) is 60.4 Å². The van der Waals surface area contributed by atoms with Gasteiger partial charge in [0, 0.05) is 30.1 Å². The molecule has 1 saturated carbocycles. The zero-order valence-electron chi connectivity index (χ0n) is 15.7. The highest BCUT2D eigenvalue weighted by molar-refractivity contribution is 6.37. The molecule has 0 spiro atoms. The van der Waals surface area contributed by atoms with Gasteiger partial charge in [-0.1, -0.05) is 23.7 Å². The molecule has 1 aromatic rings. The first-order valence-corrected chi connectivity index (χ1v) is 10.1. The average Bonchev–Trinajstić information content (AvgIpc) is 2.74. The van der Waals surface area contributed by atoms with Crippen LogP contribution in [0.3, 0.4) is 0 Å². The van der Waals surface area contributed by atoms with Crippen LogP contribution in [0.15, 0.2) is 44.8 Å². The standard InChI is InChI=1S/C21H19ClN4O3/c22-13-6-4-12(5-7-13)16-17-14(2-1-3-15(17)27)23-19-18(16)20(28)25-21(24-19)26-8-10-29-11-9-26/h4-7,18H,1-3,8-11H2. The van der Waals surface area contributed by atoms with Crippen LogP contribution in [-0.2, 0) is 14.3 Å². The predicted molar refractivity (Wildman–Crippen MR) is 110 cm³/mol. The first kappa shape index (κ1) is 18.4. The minimum atomic E-state index is -0.762. The molecule has 1 unspecified atom stereocenters. The number of hydrogen-bond acceptors (Lipinski definition) is 6. The fraction of sp³-hybridized carbons (Fsp3) is 0.381. The number of ketones is 1. The molecule has 5 rings (SSSR count). The Morgan fingerprint density at radius 1 is 1.00 bits per heavy atom. The van der Waals surface area contributed by atoms with Crippen LogP contribution in [0, 0.1) is 5.92 Å². The van der Waals surface area contributed by atoms with Crippen molar-refractivity contribution in [3.8, 4) is 0 Å². The van der Waals surface area contributed by atoms with Gasteiger partial charge in [0.25, 0.3) is 5.91 Å². The van der Waals surface area contributed by atoms with Gasteiger partial charge in [-0.15, -0.1) is 0 Å². The third-order valence-corrected chi connectivity index (χ3v) is 5.82. The molecule has 1 aromatic carbocycles. The summed E-state index contributed by atoms with van der Waals surface area (Å²) >= 11 is 6.05. The van der Waals surface area contributed by atoms with Crippen molar-refractivity contribution in [2.45, 2.75) is 19.3 Å². The number of amidine groups is 1. The van der Waals surface area contributed by atoms with Crippen molar-refractivity contribution in [1.82, 2.24) is 4.90 Å². The molecule has 2 fully saturated rings. The number of benzene rings is 1. The molecule has 0 bridgehead atoms. The molecule has 1 aliphatic carbocycles. The molecule has 4 aliphatic rings. The lowest BCUT2D eigenvalue weighted by Crippen LogP contribution is -2.44. The van der Waals surface area contributed by atoms with Crippen LogP contribution in [0.2, 0.25) is 5.02 Å². The lowest BCUT2D eigenvalue weighted by molar-refractivity contribution is -0.118. The number of nitrogens with zero attached hydrogens (tertiary/aromatic N) is 4. The van der Waals surface area contributed by atoms with Gasteiger partial charge in [0.1, 0.15) is 11.8 Å². The Kier molecular flexibility index (Phi) is 4.64. The SMILES string of the molecule is O=C1CCCC2=NC3=NC(N4CCOCC4)=NC(=O)C3C(c3ccc(Cl)cc3)=C12. The van der Waals surface area contributed by atoms with Crippen LogP contribution in [0.5, 0.6) is 0 Å². The van der Waals surface area contributed by atoms with Gasteiger partial charge in [0.2, 0.25) is 5.96 Å².